The van der Waals surface area contributed by atoms with Crippen LogP contribution in [0.2, 0.25) is 0 Å². The van der Waals surface area contributed by atoms with Crippen molar-refractivity contribution >= 4 is 164 Å². The van der Waals surface area contributed by atoms with E-state index in [4.69, 9.17) is 17.7 Å². The van der Waals surface area contributed by atoms with Crippen LogP contribution in [0, 0.1) is 0 Å². The number of benzene rings is 13. The molecule has 2 aliphatic carbocycles. The van der Waals surface area contributed by atoms with Crippen molar-refractivity contribution in [1.82, 2.24) is 8.80 Å². The lowest BCUT2D eigenvalue weighted by molar-refractivity contribution is 0.660. The SMILES string of the molecule is CC1=CC=CC(c2ccccc2)C1c1cc2c3ccc4c5ccccc5oc4c3n3c2c(c1)c1ccc2c4cc(-c5cccc6oc7c(ccc8c9cc(-c%10ccc%11c(c%10)C(C)(C)c%10ccccc%10-%11)cc%10c%11ccc%12c%13ccccc%13oc%12c%11n(c%109)c87)c56)ccc4oc2c13. The van der Waals surface area contributed by atoms with E-state index < -0.39 is 0 Å². The zero-order chi connectivity index (χ0) is 61.3. The van der Waals surface area contributed by atoms with Gasteiger partial charge in [-0.1, -0.05) is 183 Å². The number of hydrogen-bond donors (Lipinski definition) is 0. The lowest BCUT2D eigenvalue weighted by Gasteiger charge is -2.29. The van der Waals surface area contributed by atoms with Gasteiger partial charge in [0.25, 0.3) is 0 Å². The highest BCUT2D eigenvalue weighted by Crippen LogP contribution is 2.55. The number of allylic oxidation sites excluding steroid dienone is 4. The van der Waals surface area contributed by atoms with Crippen molar-refractivity contribution in [1.29, 1.82) is 0 Å². The maximum absolute atomic E-state index is 7.35. The molecule has 0 radical (unpaired) electrons. The van der Waals surface area contributed by atoms with Gasteiger partial charge in [0, 0.05) is 103 Å². The first kappa shape index (κ1) is 49.9. The predicted octanol–water partition coefficient (Wildman–Crippen LogP) is 24.6. The quantitative estimate of drug-likeness (QED) is 0.176. The Kier molecular flexibility index (Phi) is 9.12. The molecule has 94 heavy (non-hydrogen) atoms. The van der Waals surface area contributed by atoms with E-state index in [1.165, 1.54) is 77.1 Å². The molecule has 0 saturated heterocycles. The van der Waals surface area contributed by atoms with Gasteiger partial charge in [0.05, 0.1) is 33.1 Å². The Bertz CT molecular complexity index is 7090. The maximum Gasteiger partial charge on any atom is 0.160 e. The first-order valence-electron chi connectivity index (χ1n) is 32.8. The standard InChI is InChI=1S/C88H52N2O4/c1-45-15-13-21-51(46-16-5-4-6-17-46)76(45)50-42-68-58-31-35-62-56-20-9-12-25-73(56)92-85(62)81(58)89-79(68)69(43-50)59-32-36-63-65-39-48(28-38-74(65)93-86(63)82(59)89)52-22-14-26-75-77(52)64-37-33-60-67-41-49(47-27-29-54-53-18-7-10-23-70(53)88(2,3)71(54)44-47)40-66-57-30-34-61-55-19-8-11-24-72(55)91-84(61)80(57)90(78(66)67)83(60)87(64)94-75/h4-44,51,76H,1-3H3. The second-order valence-electron chi connectivity index (χ2n) is 27.3. The summed E-state index contributed by atoms with van der Waals surface area (Å²) in [5, 5.41) is 18.1. The van der Waals surface area contributed by atoms with Gasteiger partial charge in [-0.3, -0.25) is 0 Å². The summed E-state index contributed by atoms with van der Waals surface area (Å²) in [5.74, 6) is 0.333. The molecule has 2 aliphatic rings. The summed E-state index contributed by atoms with van der Waals surface area (Å²) < 4.78 is 33.5. The lowest BCUT2D eigenvalue weighted by atomic mass is 9.74. The second kappa shape index (κ2) is 17.2. The molecule has 2 unspecified atom stereocenters. The van der Waals surface area contributed by atoms with E-state index in [1.54, 1.807) is 0 Å². The minimum Gasteiger partial charge on any atom is -0.454 e. The zero-order valence-corrected chi connectivity index (χ0v) is 51.4. The first-order valence-corrected chi connectivity index (χ1v) is 32.8. The molecule has 0 spiro atoms. The Morgan fingerprint density at radius 3 is 1.45 bits per heavy atom. The molecule has 0 N–H and O–H groups in total. The molecular formula is C88H52N2O4. The predicted molar refractivity (Wildman–Crippen MR) is 388 cm³/mol. The topological polar surface area (TPSA) is 61.4 Å². The van der Waals surface area contributed by atoms with E-state index in [2.05, 4.69) is 278 Å². The van der Waals surface area contributed by atoms with Crippen LogP contribution in [0.5, 0.6) is 0 Å². The molecular weight excluding hydrogens is 1150 g/mol. The van der Waals surface area contributed by atoms with Gasteiger partial charge in [-0.25, -0.2) is 0 Å². The van der Waals surface area contributed by atoms with E-state index >= 15 is 0 Å². The molecule has 6 heteroatoms. The number of furan rings is 4. The Hall–Kier alpha value is -11.9. The van der Waals surface area contributed by atoms with Crippen molar-refractivity contribution in [2.45, 2.75) is 38.0 Å². The minimum atomic E-state index is -0.129. The van der Waals surface area contributed by atoms with Crippen molar-refractivity contribution < 1.29 is 17.7 Å². The molecule has 0 amide bonds. The number of rotatable bonds is 4. The summed E-state index contributed by atoms with van der Waals surface area (Å²) >= 11 is 0. The normalized spacial score (nSPS) is 15.9. The summed E-state index contributed by atoms with van der Waals surface area (Å²) in [5.41, 5.74) is 27.2. The van der Waals surface area contributed by atoms with Gasteiger partial charge in [0.2, 0.25) is 0 Å². The minimum absolute atomic E-state index is 0.129. The molecule has 21 aromatic rings. The highest BCUT2D eigenvalue weighted by atomic mass is 16.3. The molecule has 6 nitrogen and oxygen atoms in total. The molecule has 0 saturated carbocycles. The van der Waals surface area contributed by atoms with Gasteiger partial charge in [-0.2, -0.15) is 0 Å². The number of aromatic nitrogens is 2. The molecule has 8 aromatic heterocycles. The fourth-order valence-corrected chi connectivity index (χ4v) is 18.2. The van der Waals surface area contributed by atoms with E-state index in [0.29, 0.717) is 0 Å². The fourth-order valence-electron chi connectivity index (χ4n) is 18.2. The summed E-state index contributed by atoms with van der Waals surface area (Å²) in [6.07, 6.45) is 6.90. The van der Waals surface area contributed by atoms with Crippen LogP contribution in [0.3, 0.4) is 0 Å². The van der Waals surface area contributed by atoms with E-state index in [-0.39, 0.29) is 17.3 Å². The van der Waals surface area contributed by atoms with Crippen LogP contribution in [-0.4, -0.2) is 8.80 Å². The summed E-state index contributed by atoms with van der Waals surface area (Å²) in [6, 6.07) is 85.2. The summed E-state index contributed by atoms with van der Waals surface area (Å²) in [7, 11) is 0. The monoisotopic (exact) mass is 1200 g/mol. The average molecular weight is 1200 g/mol. The average Bonchev–Trinajstić information content (AvgIpc) is 1.52. The molecule has 0 aliphatic heterocycles. The molecule has 438 valence electrons. The van der Waals surface area contributed by atoms with E-state index in [9.17, 15) is 0 Å². The maximum atomic E-state index is 7.35. The van der Waals surface area contributed by atoms with Gasteiger partial charge < -0.3 is 26.5 Å². The molecule has 8 heterocycles. The largest absolute Gasteiger partial charge is 0.454 e. The Labute approximate surface area is 535 Å². The van der Waals surface area contributed by atoms with Crippen LogP contribution in [0.1, 0.15) is 54.9 Å². The van der Waals surface area contributed by atoms with Crippen LogP contribution in [-0.2, 0) is 5.41 Å². The number of hydrogen-bond acceptors (Lipinski definition) is 4. The lowest BCUT2D eigenvalue weighted by Crippen LogP contribution is -2.14. The third kappa shape index (κ3) is 6.09. The Balaban J connectivity index is 0.748. The highest BCUT2D eigenvalue weighted by molar-refractivity contribution is 6.34. The number of fused-ring (bicyclic) bond motifs is 31. The second-order valence-corrected chi connectivity index (χ2v) is 27.3. The van der Waals surface area contributed by atoms with Crippen LogP contribution in [0.4, 0.5) is 0 Å². The molecule has 23 rings (SSSR count). The van der Waals surface area contributed by atoms with Gasteiger partial charge in [-0.05, 0) is 147 Å². The third-order valence-corrected chi connectivity index (χ3v) is 22.3. The van der Waals surface area contributed by atoms with Crippen LogP contribution in [0.15, 0.2) is 272 Å². The van der Waals surface area contributed by atoms with Crippen LogP contribution >= 0.6 is 0 Å². The molecule has 0 fully saturated rings. The zero-order valence-electron chi connectivity index (χ0n) is 51.4. The van der Waals surface area contributed by atoms with E-state index in [1.807, 2.05) is 0 Å². The molecule has 0 bridgehead atoms. The van der Waals surface area contributed by atoms with Gasteiger partial charge in [0.15, 0.2) is 22.3 Å². The molecule has 13 aromatic carbocycles. The number of nitrogens with zero attached hydrogens (tertiary/aromatic N) is 2. The van der Waals surface area contributed by atoms with Crippen molar-refractivity contribution in [3.63, 3.8) is 0 Å². The Morgan fingerprint density at radius 1 is 0.319 bits per heavy atom. The van der Waals surface area contributed by atoms with Gasteiger partial charge in [-0.15, -0.1) is 0 Å². The smallest absolute Gasteiger partial charge is 0.160 e. The van der Waals surface area contributed by atoms with Crippen molar-refractivity contribution in [3.05, 3.63) is 277 Å². The Morgan fingerprint density at radius 2 is 0.798 bits per heavy atom. The number of para-hydroxylation sites is 2. The highest BCUT2D eigenvalue weighted by Gasteiger charge is 2.36. The van der Waals surface area contributed by atoms with Crippen LogP contribution < -0.4 is 0 Å². The van der Waals surface area contributed by atoms with Gasteiger partial charge in [0.1, 0.15) is 22.3 Å². The first-order chi connectivity index (χ1) is 46.3. The van der Waals surface area contributed by atoms with E-state index in [0.717, 1.165) is 148 Å². The van der Waals surface area contributed by atoms with Crippen molar-refractivity contribution in [2.75, 3.05) is 0 Å². The fraction of sp³-hybridized carbons (Fsp3) is 0.0682. The van der Waals surface area contributed by atoms with Crippen LogP contribution in [0.25, 0.3) is 197 Å². The summed E-state index contributed by atoms with van der Waals surface area (Å²) in [4.78, 5) is 0. The van der Waals surface area contributed by atoms with Crippen molar-refractivity contribution in [2.24, 2.45) is 0 Å². The molecule has 2 atom stereocenters. The third-order valence-electron chi connectivity index (χ3n) is 22.3. The van der Waals surface area contributed by atoms with Crippen molar-refractivity contribution in [3.8, 4) is 33.4 Å². The summed E-state index contributed by atoms with van der Waals surface area (Å²) in [6.45, 7) is 7.02. The van der Waals surface area contributed by atoms with Gasteiger partial charge >= 0.3 is 0 Å².